The van der Waals surface area contributed by atoms with Gasteiger partial charge in [0.25, 0.3) is 5.91 Å². The van der Waals surface area contributed by atoms with Crippen molar-refractivity contribution in [3.8, 4) is 11.5 Å². The van der Waals surface area contributed by atoms with E-state index < -0.39 is 12.6 Å². The second kappa shape index (κ2) is 8.74. The van der Waals surface area contributed by atoms with Crippen molar-refractivity contribution in [1.29, 1.82) is 0 Å². The molecule has 1 N–H and O–H groups in total. The van der Waals surface area contributed by atoms with Gasteiger partial charge < -0.3 is 19.5 Å². The van der Waals surface area contributed by atoms with Crippen LogP contribution in [0.3, 0.4) is 0 Å². The highest BCUT2D eigenvalue weighted by molar-refractivity contribution is 7.80. The molecule has 1 aliphatic heterocycles. The van der Waals surface area contributed by atoms with Crippen molar-refractivity contribution < 1.29 is 24.2 Å². The number of aliphatic carboxylic acids is 1. The zero-order valence-corrected chi connectivity index (χ0v) is 16.8. The Labute approximate surface area is 173 Å². The van der Waals surface area contributed by atoms with Crippen molar-refractivity contribution in [2.75, 3.05) is 25.2 Å². The molecule has 7 nitrogen and oxygen atoms in total. The first-order valence-corrected chi connectivity index (χ1v) is 9.33. The third-order valence-corrected chi connectivity index (χ3v) is 4.67. The summed E-state index contributed by atoms with van der Waals surface area (Å²) in [6, 6.07) is 14.0. The summed E-state index contributed by atoms with van der Waals surface area (Å²) >= 11 is 5.46. The van der Waals surface area contributed by atoms with E-state index in [2.05, 4.69) is 0 Å². The number of rotatable bonds is 7. The molecule has 3 rings (SSSR count). The Morgan fingerprint density at radius 2 is 1.66 bits per heavy atom. The van der Waals surface area contributed by atoms with Crippen LogP contribution in [-0.2, 0) is 9.59 Å². The number of carboxylic acids is 1. The van der Waals surface area contributed by atoms with E-state index in [9.17, 15) is 9.59 Å². The van der Waals surface area contributed by atoms with Crippen LogP contribution in [0.15, 0.2) is 54.2 Å². The number of carboxylic acid groups (broad SMARTS) is 1. The van der Waals surface area contributed by atoms with Gasteiger partial charge in [-0.15, -0.1) is 0 Å². The van der Waals surface area contributed by atoms with Crippen LogP contribution in [0.4, 0.5) is 5.69 Å². The molecule has 1 saturated heterocycles. The summed E-state index contributed by atoms with van der Waals surface area (Å²) in [4.78, 5) is 26.7. The Morgan fingerprint density at radius 1 is 1.07 bits per heavy atom. The van der Waals surface area contributed by atoms with E-state index in [4.69, 9.17) is 26.8 Å². The fourth-order valence-electron chi connectivity index (χ4n) is 2.81. The lowest BCUT2D eigenvalue weighted by molar-refractivity contribution is -0.139. The van der Waals surface area contributed by atoms with Crippen molar-refractivity contribution in [2.45, 2.75) is 6.92 Å². The molecule has 0 spiro atoms. The minimum atomic E-state index is -1.04. The lowest BCUT2D eigenvalue weighted by Crippen LogP contribution is -2.31. The Hall–Kier alpha value is -3.39. The zero-order chi connectivity index (χ0) is 21.0. The molecule has 150 valence electrons. The molecule has 29 heavy (non-hydrogen) atoms. The van der Waals surface area contributed by atoms with E-state index in [1.807, 2.05) is 6.92 Å². The quantitative estimate of drug-likeness (QED) is 0.553. The molecule has 0 aliphatic carbocycles. The monoisotopic (exact) mass is 412 g/mol. The van der Waals surface area contributed by atoms with Crippen molar-refractivity contribution in [3.05, 3.63) is 59.8 Å². The average molecular weight is 412 g/mol. The van der Waals surface area contributed by atoms with Gasteiger partial charge >= 0.3 is 5.97 Å². The normalized spacial score (nSPS) is 15.2. The fourth-order valence-corrected chi connectivity index (χ4v) is 3.09. The lowest BCUT2D eigenvalue weighted by Gasteiger charge is -2.16. The third kappa shape index (κ3) is 4.55. The van der Waals surface area contributed by atoms with Crippen LogP contribution in [0.1, 0.15) is 12.5 Å². The van der Waals surface area contributed by atoms with E-state index in [-0.39, 0.29) is 5.91 Å². The molecule has 0 atom stereocenters. The maximum absolute atomic E-state index is 13.0. The van der Waals surface area contributed by atoms with Crippen LogP contribution in [0.25, 0.3) is 6.08 Å². The van der Waals surface area contributed by atoms with Crippen LogP contribution in [-0.4, -0.2) is 47.3 Å². The Balaban J connectivity index is 1.80. The number of anilines is 1. The van der Waals surface area contributed by atoms with Crippen molar-refractivity contribution in [1.82, 2.24) is 4.90 Å². The van der Waals surface area contributed by atoms with Crippen molar-refractivity contribution in [3.63, 3.8) is 0 Å². The topological polar surface area (TPSA) is 79.3 Å². The predicted molar refractivity (Wildman–Crippen MR) is 113 cm³/mol. The molecular formula is C21H20N2O5S. The van der Waals surface area contributed by atoms with Crippen LogP contribution < -0.4 is 14.4 Å². The highest BCUT2D eigenvalue weighted by Crippen LogP contribution is 2.29. The molecule has 0 aromatic heterocycles. The first-order valence-electron chi connectivity index (χ1n) is 8.92. The highest BCUT2D eigenvalue weighted by atomic mass is 32.1. The first kappa shape index (κ1) is 20.3. The molecule has 1 amide bonds. The number of thiocarbonyl (C=S) groups is 1. The minimum Gasteiger partial charge on any atom is -0.494 e. The molecule has 1 fully saturated rings. The number of nitrogens with zero attached hydrogens (tertiary/aromatic N) is 2. The number of likely N-dealkylation sites (N-methyl/N-ethyl adjacent to an activating group) is 1. The first-order chi connectivity index (χ1) is 13.9. The van der Waals surface area contributed by atoms with Gasteiger partial charge in [-0.05, 0) is 67.2 Å². The van der Waals surface area contributed by atoms with E-state index >= 15 is 0 Å². The van der Waals surface area contributed by atoms with Gasteiger partial charge in [-0.3, -0.25) is 9.69 Å². The van der Waals surface area contributed by atoms with Crippen molar-refractivity contribution >= 4 is 41.0 Å². The number of hydrogen-bond acceptors (Lipinski definition) is 5. The van der Waals surface area contributed by atoms with Gasteiger partial charge in [-0.2, -0.15) is 0 Å². The van der Waals surface area contributed by atoms with Crippen LogP contribution in [0.5, 0.6) is 11.5 Å². The van der Waals surface area contributed by atoms with Crippen LogP contribution in [0, 0.1) is 0 Å². The summed E-state index contributed by atoms with van der Waals surface area (Å²) in [7, 11) is 1.74. The Kier molecular flexibility index (Phi) is 6.13. The van der Waals surface area contributed by atoms with Gasteiger partial charge in [0, 0.05) is 7.05 Å². The largest absolute Gasteiger partial charge is 0.494 e. The smallest absolute Gasteiger partial charge is 0.341 e. The average Bonchev–Trinajstić information content (AvgIpc) is 2.92. The van der Waals surface area contributed by atoms with E-state index in [1.54, 1.807) is 66.6 Å². The van der Waals surface area contributed by atoms with Gasteiger partial charge in [0.15, 0.2) is 11.7 Å². The number of ether oxygens (including phenoxy) is 2. The van der Waals surface area contributed by atoms with Gasteiger partial charge in [0.05, 0.1) is 12.3 Å². The number of benzene rings is 2. The van der Waals surface area contributed by atoms with Crippen LogP contribution >= 0.6 is 12.2 Å². The van der Waals surface area contributed by atoms with Crippen LogP contribution in [0.2, 0.25) is 0 Å². The molecule has 2 aromatic rings. The summed E-state index contributed by atoms with van der Waals surface area (Å²) in [6.45, 7) is 2.06. The number of carbonyl (C=O) groups excluding carboxylic acids is 1. The SMILES string of the molecule is CCOc1ccc(N2C(=O)/C(=C/c3ccc(OCC(=O)O)cc3)N(C)C2=S)cc1. The fraction of sp³-hybridized carbons (Fsp3) is 0.190. The second-order valence-electron chi connectivity index (χ2n) is 6.19. The standard InChI is InChI=1S/C21H20N2O5S/c1-3-27-16-10-6-15(7-11-16)23-20(26)18(22(2)21(23)29)12-14-4-8-17(9-5-14)28-13-19(24)25/h4-12H,3,13H2,1-2H3,(H,24,25)/b18-12-. The van der Waals surface area contributed by atoms with Gasteiger partial charge in [0.2, 0.25) is 0 Å². The number of carbonyl (C=O) groups is 2. The lowest BCUT2D eigenvalue weighted by atomic mass is 10.1. The third-order valence-electron chi connectivity index (χ3n) is 4.21. The molecule has 0 saturated carbocycles. The van der Waals surface area contributed by atoms with E-state index in [1.165, 1.54) is 4.90 Å². The summed E-state index contributed by atoms with van der Waals surface area (Å²) in [5.74, 6) is -0.111. The zero-order valence-electron chi connectivity index (χ0n) is 16.0. The second-order valence-corrected chi connectivity index (χ2v) is 6.56. The van der Waals surface area contributed by atoms with E-state index in [0.717, 1.165) is 11.3 Å². The van der Waals surface area contributed by atoms with E-state index in [0.29, 0.717) is 28.9 Å². The Morgan fingerprint density at radius 3 is 2.24 bits per heavy atom. The number of hydrogen-bond donors (Lipinski definition) is 1. The molecule has 0 radical (unpaired) electrons. The molecule has 0 unspecified atom stereocenters. The van der Waals surface area contributed by atoms with Gasteiger partial charge in [0.1, 0.15) is 17.2 Å². The highest BCUT2D eigenvalue weighted by Gasteiger charge is 2.36. The minimum absolute atomic E-state index is 0.229. The van der Waals surface area contributed by atoms with Gasteiger partial charge in [-0.25, -0.2) is 4.79 Å². The van der Waals surface area contributed by atoms with Gasteiger partial charge in [-0.1, -0.05) is 12.1 Å². The maximum atomic E-state index is 13.0. The predicted octanol–water partition coefficient (Wildman–Crippen LogP) is 3.15. The molecule has 8 heteroatoms. The summed E-state index contributed by atoms with van der Waals surface area (Å²) in [5.41, 5.74) is 1.86. The van der Waals surface area contributed by atoms with Crippen molar-refractivity contribution in [2.24, 2.45) is 0 Å². The maximum Gasteiger partial charge on any atom is 0.341 e. The molecule has 1 heterocycles. The number of amides is 1. The summed E-state index contributed by atoms with van der Waals surface area (Å²) in [5, 5.41) is 9.04. The molecular weight excluding hydrogens is 392 g/mol. The Bertz CT molecular complexity index is 954. The summed E-state index contributed by atoms with van der Waals surface area (Å²) < 4.78 is 10.6. The molecule has 2 aromatic carbocycles. The molecule has 0 bridgehead atoms. The molecule has 1 aliphatic rings. The summed E-state index contributed by atoms with van der Waals surface area (Å²) in [6.07, 6.45) is 1.73.